The summed E-state index contributed by atoms with van der Waals surface area (Å²) in [6.07, 6.45) is 1.71. The molecule has 1 aromatic heterocycles. The van der Waals surface area contributed by atoms with Gasteiger partial charge >= 0.3 is 0 Å². The molecule has 2 aromatic rings. The van der Waals surface area contributed by atoms with Crippen LogP contribution in [0.1, 0.15) is 32.0 Å². The fourth-order valence-electron chi connectivity index (χ4n) is 1.68. The Morgan fingerprint density at radius 1 is 1.32 bits per heavy atom. The van der Waals surface area contributed by atoms with E-state index in [0.717, 1.165) is 15.7 Å². The Morgan fingerprint density at radius 2 is 2.05 bits per heavy atom. The highest BCUT2D eigenvalue weighted by Gasteiger charge is 2.13. The number of nitrogens with one attached hydrogen (secondary N) is 1. The van der Waals surface area contributed by atoms with Crippen molar-refractivity contribution < 1.29 is 4.42 Å². The van der Waals surface area contributed by atoms with Gasteiger partial charge in [0.15, 0.2) is 0 Å². The van der Waals surface area contributed by atoms with Gasteiger partial charge in [-0.15, -0.1) is 0 Å². The van der Waals surface area contributed by atoms with E-state index >= 15 is 0 Å². The first-order chi connectivity index (χ1) is 8.87. The van der Waals surface area contributed by atoms with Crippen LogP contribution >= 0.6 is 15.9 Å². The standard InChI is InChI=1S/C15H19BrN2O/c1-10-6-5-7-12(13(10)16)14-18-11(9-19-14)8-17-15(2,3)4/h5-7,9,17H,8H2,1-4H3. The molecule has 3 nitrogen and oxygen atoms in total. The lowest BCUT2D eigenvalue weighted by molar-refractivity contribution is 0.421. The van der Waals surface area contributed by atoms with Crippen molar-refractivity contribution in [2.45, 2.75) is 39.8 Å². The van der Waals surface area contributed by atoms with Crippen LogP contribution in [-0.2, 0) is 6.54 Å². The van der Waals surface area contributed by atoms with E-state index < -0.39 is 0 Å². The highest BCUT2D eigenvalue weighted by atomic mass is 79.9. The third-order valence-corrected chi connectivity index (χ3v) is 3.83. The normalized spacial score (nSPS) is 11.8. The van der Waals surface area contributed by atoms with Gasteiger partial charge in [0, 0.05) is 16.6 Å². The first-order valence-corrected chi connectivity index (χ1v) is 7.11. The number of oxazole rings is 1. The predicted molar refractivity (Wildman–Crippen MR) is 81.0 cm³/mol. The van der Waals surface area contributed by atoms with Gasteiger partial charge in [0.2, 0.25) is 5.89 Å². The maximum Gasteiger partial charge on any atom is 0.227 e. The number of aromatic nitrogens is 1. The summed E-state index contributed by atoms with van der Waals surface area (Å²) in [5, 5.41) is 3.39. The molecule has 0 aliphatic heterocycles. The molecule has 19 heavy (non-hydrogen) atoms. The monoisotopic (exact) mass is 322 g/mol. The number of halogens is 1. The summed E-state index contributed by atoms with van der Waals surface area (Å²) < 4.78 is 6.61. The molecule has 0 bridgehead atoms. The number of rotatable bonds is 3. The molecule has 4 heteroatoms. The minimum atomic E-state index is 0.0725. The van der Waals surface area contributed by atoms with Crippen molar-refractivity contribution in [2.75, 3.05) is 0 Å². The maximum atomic E-state index is 5.57. The number of nitrogens with zero attached hydrogens (tertiary/aromatic N) is 1. The fraction of sp³-hybridized carbons (Fsp3) is 0.400. The van der Waals surface area contributed by atoms with Gasteiger partial charge in [-0.25, -0.2) is 4.98 Å². The van der Waals surface area contributed by atoms with Crippen LogP contribution in [0.5, 0.6) is 0 Å². The third kappa shape index (κ3) is 3.67. The predicted octanol–water partition coefficient (Wildman–Crippen LogP) is 4.30. The highest BCUT2D eigenvalue weighted by Crippen LogP contribution is 2.30. The van der Waals surface area contributed by atoms with Crippen LogP contribution in [0.15, 0.2) is 33.4 Å². The number of hydrogen-bond acceptors (Lipinski definition) is 3. The van der Waals surface area contributed by atoms with E-state index in [9.17, 15) is 0 Å². The number of hydrogen-bond donors (Lipinski definition) is 1. The van der Waals surface area contributed by atoms with Crippen LogP contribution in [0.25, 0.3) is 11.5 Å². The molecule has 0 saturated heterocycles. The molecule has 0 atom stereocenters. The van der Waals surface area contributed by atoms with Gasteiger partial charge in [0.05, 0.1) is 11.3 Å². The summed E-state index contributed by atoms with van der Waals surface area (Å²) in [6, 6.07) is 6.06. The number of benzene rings is 1. The Hall–Kier alpha value is -1.13. The van der Waals surface area contributed by atoms with E-state index in [1.54, 1.807) is 6.26 Å². The van der Waals surface area contributed by atoms with E-state index in [1.165, 1.54) is 5.56 Å². The van der Waals surface area contributed by atoms with E-state index in [2.05, 4.69) is 60.0 Å². The molecule has 0 amide bonds. The lowest BCUT2D eigenvalue weighted by Gasteiger charge is -2.19. The molecule has 0 unspecified atom stereocenters. The largest absolute Gasteiger partial charge is 0.444 e. The topological polar surface area (TPSA) is 38.1 Å². The van der Waals surface area contributed by atoms with Crippen LogP contribution in [0.4, 0.5) is 0 Å². The van der Waals surface area contributed by atoms with Crippen molar-refractivity contribution in [1.29, 1.82) is 0 Å². The Morgan fingerprint density at radius 3 is 2.74 bits per heavy atom. The summed E-state index contributed by atoms with van der Waals surface area (Å²) in [6.45, 7) is 9.15. The van der Waals surface area contributed by atoms with Crippen molar-refractivity contribution in [3.63, 3.8) is 0 Å². The van der Waals surface area contributed by atoms with E-state index in [4.69, 9.17) is 4.42 Å². The Kier molecular flexibility index (Phi) is 4.11. The second kappa shape index (κ2) is 5.47. The summed E-state index contributed by atoms with van der Waals surface area (Å²) in [5.41, 5.74) is 3.15. The van der Waals surface area contributed by atoms with Gasteiger partial charge in [-0.2, -0.15) is 0 Å². The van der Waals surface area contributed by atoms with Crippen LogP contribution < -0.4 is 5.32 Å². The average Bonchev–Trinajstić information content (AvgIpc) is 2.78. The first kappa shape index (κ1) is 14.3. The Labute approximate surface area is 122 Å². The van der Waals surface area contributed by atoms with Crippen LogP contribution in [0.2, 0.25) is 0 Å². The number of aryl methyl sites for hydroxylation is 1. The van der Waals surface area contributed by atoms with Crippen LogP contribution in [-0.4, -0.2) is 10.5 Å². The SMILES string of the molecule is Cc1cccc(-c2nc(CNC(C)(C)C)co2)c1Br. The fourth-order valence-corrected chi connectivity index (χ4v) is 2.11. The molecular formula is C15H19BrN2O. The third-order valence-electron chi connectivity index (χ3n) is 2.77. The molecule has 0 aliphatic rings. The molecule has 102 valence electrons. The molecule has 0 spiro atoms. The molecule has 2 rings (SSSR count). The molecule has 0 saturated carbocycles. The molecule has 1 heterocycles. The molecular weight excluding hydrogens is 304 g/mol. The minimum absolute atomic E-state index is 0.0725. The summed E-state index contributed by atoms with van der Waals surface area (Å²) in [5.74, 6) is 0.654. The van der Waals surface area contributed by atoms with Gasteiger partial charge in [-0.05, 0) is 55.3 Å². The average molecular weight is 323 g/mol. The Balaban J connectivity index is 2.19. The first-order valence-electron chi connectivity index (χ1n) is 6.32. The van der Waals surface area contributed by atoms with Crippen LogP contribution in [0.3, 0.4) is 0 Å². The zero-order valence-electron chi connectivity index (χ0n) is 11.7. The van der Waals surface area contributed by atoms with Gasteiger partial charge in [-0.1, -0.05) is 12.1 Å². The summed E-state index contributed by atoms with van der Waals surface area (Å²) >= 11 is 3.58. The van der Waals surface area contributed by atoms with Gasteiger partial charge in [0.1, 0.15) is 6.26 Å². The van der Waals surface area contributed by atoms with Gasteiger partial charge in [0.25, 0.3) is 0 Å². The zero-order chi connectivity index (χ0) is 14.0. The molecule has 0 radical (unpaired) electrons. The van der Waals surface area contributed by atoms with E-state index in [0.29, 0.717) is 12.4 Å². The van der Waals surface area contributed by atoms with E-state index in [-0.39, 0.29) is 5.54 Å². The Bertz CT molecular complexity index is 570. The lowest BCUT2D eigenvalue weighted by atomic mass is 10.1. The molecule has 1 N–H and O–H groups in total. The van der Waals surface area contributed by atoms with Gasteiger partial charge < -0.3 is 9.73 Å². The van der Waals surface area contributed by atoms with Crippen molar-refractivity contribution in [1.82, 2.24) is 10.3 Å². The second-order valence-electron chi connectivity index (χ2n) is 5.68. The van der Waals surface area contributed by atoms with Crippen molar-refractivity contribution in [3.05, 3.63) is 40.2 Å². The van der Waals surface area contributed by atoms with Crippen molar-refractivity contribution >= 4 is 15.9 Å². The lowest BCUT2D eigenvalue weighted by Crippen LogP contribution is -2.35. The molecule has 1 aromatic carbocycles. The quantitative estimate of drug-likeness (QED) is 0.915. The van der Waals surface area contributed by atoms with Crippen LogP contribution in [0, 0.1) is 6.92 Å². The highest BCUT2D eigenvalue weighted by molar-refractivity contribution is 9.10. The minimum Gasteiger partial charge on any atom is -0.444 e. The second-order valence-corrected chi connectivity index (χ2v) is 6.48. The van der Waals surface area contributed by atoms with Gasteiger partial charge in [-0.3, -0.25) is 0 Å². The smallest absolute Gasteiger partial charge is 0.227 e. The van der Waals surface area contributed by atoms with Crippen molar-refractivity contribution in [3.8, 4) is 11.5 Å². The summed E-state index contributed by atoms with van der Waals surface area (Å²) in [7, 11) is 0. The summed E-state index contributed by atoms with van der Waals surface area (Å²) in [4.78, 5) is 4.53. The maximum absolute atomic E-state index is 5.57. The molecule has 0 fully saturated rings. The van der Waals surface area contributed by atoms with Crippen molar-refractivity contribution in [2.24, 2.45) is 0 Å². The van der Waals surface area contributed by atoms with E-state index in [1.807, 2.05) is 12.1 Å². The molecule has 0 aliphatic carbocycles. The zero-order valence-corrected chi connectivity index (χ0v) is 13.3.